The van der Waals surface area contributed by atoms with Gasteiger partial charge in [-0.2, -0.15) is 0 Å². The van der Waals surface area contributed by atoms with Gasteiger partial charge >= 0.3 is 0 Å². The first-order valence-corrected chi connectivity index (χ1v) is 8.05. The van der Waals surface area contributed by atoms with Crippen LogP contribution in [0.5, 0.6) is 0 Å². The second kappa shape index (κ2) is 7.57. The first-order valence-electron chi connectivity index (χ1n) is 8.05. The van der Waals surface area contributed by atoms with Crippen molar-refractivity contribution in [2.24, 2.45) is 0 Å². The highest BCUT2D eigenvalue weighted by molar-refractivity contribution is 5.93. The Morgan fingerprint density at radius 3 is 2.04 bits per heavy atom. The second-order valence-electron chi connectivity index (χ2n) is 5.81. The van der Waals surface area contributed by atoms with Gasteiger partial charge in [0.1, 0.15) is 0 Å². The molecule has 1 amide bonds. The molecule has 2 aromatic carbocycles. The van der Waals surface area contributed by atoms with E-state index in [-0.39, 0.29) is 5.91 Å². The maximum atomic E-state index is 12.5. The van der Waals surface area contributed by atoms with Crippen LogP contribution in [0.2, 0.25) is 0 Å². The molecule has 1 aromatic heterocycles. The van der Waals surface area contributed by atoms with Crippen LogP contribution in [0, 0.1) is 0 Å². The number of para-hydroxylation sites is 1. The minimum Gasteiger partial charge on any atom is -0.337 e. The first kappa shape index (κ1) is 16.6. The normalized spacial score (nSPS) is 10.3. The van der Waals surface area contributed by atoms with Crippen LogP contribution in [0.1, 0.15) is 15.9 Å². The number of anilines is 2. The SMILES string of the molecule is CN(Cc1ccccc1)C(=O)c1cnc(N(C)c2ccccc2)nc1. The van der Waals surface area contributed by atoms with E-state index in [2.05, 4.69) is 9.97 Å². The minimum absolute atomic E-state index is 0.0993. The minimum atomic E-state index is -0.0993. The van der Waals surface area contributed by atoms with Crippen molar-refractivity contribution in [3.8, 4) is 0 Å². The van der Waals surface area contributed by atoms with E-state index in [0.29, 0.717) is 18.1 Å². The number of benzene rings is 2. The molecule has 0 bridgehead atoms. The van der Waals surface area contributed by atoms with Crippen molar-refractivity contribution in [2.45, 2.75) is 6.54 Å². The Hall–Kier alpha value is -3.21. The molecule has 126 valence electrons. The smallest absolute Gasteiger partial charge is 0.257 e. The number of carbonyl (C=O) groups is 1. The number of aromatic nitrogens is 2. The van der Waals surface area contributed by atoms with Gasteiger partial charge in [0.05, 0.1) is 5.56 Å². The van der Waals surface area contributed by atoms with E-state index in [9.17, 15) is 4.79 Å². The summed E-state index contributed by atoms with van der Waals surface area (Å²) in [7, 11) is 3.67. The Balaban J connectivity index is 1.70. The summed E-state index contributed by atoms with van der Waals surface area (Å²) in [6.07, 6.45) is 3.15. The predicted octanol–water partition coefficient (Wildman–Crippen LogP) is 3.52. The van der Waals surface area contributed by atoms with E-state index in [1.54, 1.807) is 24.3 Å². The van der Waals surface area contributed by atoms with Gasteiger partial charge in [0.15, 0.2) is 0 Å². The molecule has 0 fully saturated rings. The van der Waals surface area contributed by atoms with Crippen LogP contribution in [-0.4, -0.2) is 34.9 Å². The summed E-state index contributed by atoms with van der Waals surface area (Å²) in [6, 6.07) is 19.7. The molecule has 5 nitrogen and oxygen atoms in total. The van der Waals surface area contributed by atoms with Gasteiger partial charge in [-0.1, -0.05) is 48.5 Å². The molecule has 0 spiro atoms. The van der Waals surface area contributed by atoms with Crippen molar-refractivity contribution < 1.29 is 4.79 Å². The second-order valence-corrected chi connectivity index (χ2v) is 5.81. The zero-order chi connectivity index (χ0) is 17.6. The van der Waals surface area contributed by atoms with Crippen LogP contribution in [0.3, 0.4) is 0 Å². The van der Waals surface area contributed by atoms with Gasteiger partial charge in [-0.15, -0.1) is 0 Å². The van der Waals surface area contributed by atoms with E-state index < -0.39 is 0 Å². The molecule has 0 radical (unpaired) electrons. The standard InChI is InChI=1S/C20H20N4O/c1-23(15-16-9-5-3-6-10-16)19(25)17-13-21-20(22-14-17)24(2)18-11-7-4-8-12-18/h3-14H,15H2,1-2H3. The summed E-state index contributed by atoms with van der Waals surface area (Å²) in [5.74, 6) is 0.450. The molecule has 0 N–H and O–H groups in total. The lowest BCUT2D eigenvalue weighted by atomic mass is 10.2. The largest absolute Gasteiger partial charge is 0.337 e. The Morgan fingerprint density at radius 1 is 0.880 bits per heavy atom. The molecule has 25 heavy (non-hydrogen) atoms. The number of hydrogen-bond acceptors (Lipinski definition) is 4. The fourth-order valence-corrected chi connectivity index (χ4v) is 2.52. The molecule has 0 aliphatic heterocycles. The zero-order valence-corrected chi connectivity index (χ0v) is 14.3. The van der Waals surface area contributed by atoms with Gasteiger partial charge in [-0.3, -0.25) is 4.79 Å². The van der Waals surface area contributed by atoms with Crippen molar-refractivity contribution in [1.82, 2.24) is 14.9 Å². The number of carbonyl (C=O) groups excluding carboxylic acids is 1. The number of hydrogen-bond donors (Lipinski definition) is 0. The molecule has 3 rings (SSSR count). The summed E-state index contributed by atoms with van der Waals surface area (Å²) in [5, 5.41) is 0. The highest BCUT2D eigenvalue weighted by Gasteiger charge is 2.14. The first-order chi connectivity index (χ1) is 12.1. The monoisotopic (exact) mass is 332 g/mol. The summed E-state index contributed by atoms with van der Waals surface area (Å²) in [5.41, 5.74) is 2.55. The average Bonchev–Trinajstić information content (AvgIpc) is 2.68. The van der Waals surface area contributed by atoms with Crippen LogP contribution >= 0.6 is 0 Å². The molecule has 5 heteroatoms. The van der Waals surface area contributed by atoms with Crippen molar-refractivity contribution >= 4 is 17.5 Å². The summed E-state index contributed by atoms with van der Waals surface area (Å²) in [6.45, 7) is 0.547. The lowest BCUT2D eigenvalue weighted by Crippen LogP contribution is -2.26. The Kier molecular flexibility index (Phi) is 5.04. The van der Waals surface area contributed by atoms with Gasteiger partial charge in [-0.05, 0) is 17.7 Å². The third-order valence-corrected chi connectivity index (χ3v) is 3.94. The van der Waals surface area contributed by atoms with Crippen LogP contribution in [-0.2, 0) is 6.54 Å². The van der Waals surface area contributed by atoms with Gasteiger partial charge in [-0.25, -0.2) is 9.97 Å². The molecule has 0 aliphatic carbocycles. The Bertz CT molecular complexity index is 819. The Labute approximate surface area is 147 Å². The summed E-state index contributed by atoms with van der Waals surface area (Å²) < 4.78 is 0. The maximum absolute atomic E-state index is 12.5. The number of nitrogens with zero attached hydrogens (tertiary/aromatic N) is 4. The van der Waals surface area contributed by atoms with Crippen molar-refractivity contribution in [1.29, 1.82) is 0 Å². The van der Waals surface area contributed by atoms with E-state index in [0.717, 1.165) is 11.3 Å². The fraction of sp³-hybridized carbons (Fsp3) is 0.150. The quantitative estimate of drug-likeness (QED) is 0.717. The molecule has 0 saturated carbocycles. The molecule has 1 heterocycles. The molecular formula is C20H20N4O. The van der Waals surface area contributed by atoms with Crippen LogP contribution < -0.4 is 4.90 Å². The summed E-state index contributed by atoms with van der Waals surface area (Å²) >= 11 is 0. The Morgan fingerprint density at radius 2 is 1.44 bits per heavy atom. The average molecular weight is 332 g/mol. The maximum Gasteiger partial charge on any atom is 0.257 e. The highest BCUT2D eigenvalue weighted by atomic mass is 16.2. The van der Waals surface area contributed by atoms with Gasteiger partial charge in [0.2, 0.25) is 5.95 Å². The molecule has 3 aromatic rings. The van der Waals surface area contributed by atoms with Crippen molar-refractivity contribution in [3.63, 3.8) is 0 Å². The van der Waals surface area contributed by atoms with E-state index >= 15 is 0 Å². The predicted molar refractivity (Wildman–Crippen MR) is 98.8 cm³/mol. The third kappa shape index (κ3) is 4.01. The highest BCUT2D eigenvalue weighted by Crippen LogP contribution is 2.19. The molecule has 0 aliphatic rings. The topological polar surface area (TPSA) is 49.3 Å². The van der Waals surface area contributed by atoms with Crippen LogP contribution in [0.25, 0.3) is 0 Å². The third-order valence-electron chi connectivity index (χ3n) is 3.94. The molecule has 0 saturated heterocycles. The van der Waals surface area contributed by atoms with E-state index in [1.165, 1.54) is 0 Å². The van der Waals surface area contributed by atoms with Crippen LogP contribution in [0.15, 0.2) is 73.1 Å². The van der Waals surface area contributed by atoms with E-state index in [4.69, 9.17) is 0 Å². The zero-order valence-electron chi connectivity index (χ0n) is 14.3. The van der Waals surface area contributed by atoms with Crippen LogP contribution in [0.4, 0.5) is 11.6 Å². The molecular weight excluding hydrogens is 312 g/mol. The summed E-state index contributed by atoms with van der Waals surface area (Å²) in [4.78, 5) is 24.7. The van der Waals surface area contributed by atoms with Crippen molar-refractivity contribution in [2.75, 3.05) is 19.0 Å². The fourth-order valence-electron chi connectivity index (χ4n) is 2.52. The van der Waals surface area contributed by atoms with Gasteiger partial charge in [0.25, 0.3) is 5.91 Å². The lowest BCUT2D eigenvalue weighted by molar-refractivity contribution is 0.0784. The lowest BCUT2D eigenvalue weighted by Gasteiger charge is -2.19. The molecule has 0 unspecified atom stereocenters. The number of rotatable bonds is 5. The number of amides is 1. The van der Waals surface area contributed by atoms with Gasteiger partial charge in [0, 0.05) is 38.7 Å². The van der Waals surface area contributed by atoms with Crippen molar-refractivity contribution in [3.05, 3.63) is 84.2 Å². The molecule has 0 atom stereocenters. The van der Waals surface area contributed by atoms with Gasteiger partial charge < -0.3 is 9.80 Å². The van der Waals surface area contributed by atoms with E-state index in [1.807, 2.05) is 72.6 Å².